The van der Waals surface area contributed by atoms with Crippen LogP contribution in [0, 0.1) is 5.82 Å². The highest BCUT2D eigenvalue weighted by Gasteiger charge is 2.16. The standard InChI is InChI=1S/C25H30FN3O/c1-4-29(5-2)15-9-10-18(3)27-25(30)22-17-24(19-11-7-6-8-12-19)28-23-14-13-20(26)16-21(22)23/h6-8,11-14,16-18H,4-5,9-10,15H2,1-3H3,(H,27,30). The van der Waals surface area contributed by atoms with Crippen LogP contribution in [0.4, 0.5) is 4.39 Å². The lowest BCUT2D eigenvalue weighted by Gasteiger charge is -2.20. The average molecular weight is 408 g/mol. The van der Waals surface area contributed by atoms with E-state index >= 15 is 0 Å². The molecule has 1 N–H and O–H groups in total. The van der Waals surface area contributed by atoms with Gasteiger partial charge in [0.1, 0.15) is 5.82 Å². The molecule has 0 bridgehead atoms. The first-order valence-corrected chi connectivity index (χ1v) is 10.7. The maximum Gasteiger partial charge on any atom is 0.252 e. The summed E-state index contributed by atoms with van der Waals surface area (Å²) in [5.74, 6) is -0.571. The number of carbonyl (C=O) groups is 1. The number of pyridine rings is 1. The number of hydrogen-bond acceptors (Lipinski definition) is 3. The third-order valence-corrected chi connectivity index (χ3v) is 5.47. The maximum atomic E-state index is 13.9. The van der Waals surface area contributed by atoms with Gasteiger partial charge < -0.3 is 10.2 Å². The molecule has 1 aromatic heterocycles. The number of aromatic nitrogens is 1. The first kappa shape index (κ1) is 21.9. The fraction of sp³-hybridized carbons (Fsp3) is 0.360. The first-order chi connectivity index (χ1) is 14.5. The normalized spacial score (nSPS) is 12.3. The van der Waals surface area contributed by atoms with Gasteiger partial charge in [-0.2, -0.15) is 0 Å². The lowest BCUT2D eigenvalue weighted by Crippen LogP contribution is -2.34. The van der Waals surface area contributed by atoms with E-state index in [0.29, 0.717) is 22.2 Å². The molecule has 4 nitrogen and oxygen atoms in total. The van der Waals surface area contributed by atoms with E-state index in [4.69, 9.17) is 0 Å². The predicted octanol–water partition coefficient (Wildman–Crippen LogP) is 5.28. The van der Waals surface area contributed by atoms with Crippen LogP contribution in [-0.4, -0.2) is 41.5 Å². The number of carbonyl (C=O) groups excluding carboxylic acids is 1. The van der Waals surface area contributed by atoms with E-state index in [1.165, 1.54) is 12.1 Å². The topological polar surface area (TPSA) is 45.2 Å². The van der Waals surface area contributed by atoms with E-state index in [1.54, 1.807) is 12.1 Å². The minimum Gasteiger partial charge on any atom is -0.350 e. The van der Waals surface area contributed by atoms with Crippen LogP contribution in [0.15, 0.2) is 54.6 Å². The van der Waals surface area contributed by atoms with Crippen molar-refractivity contribution < 1.29 is 9.18 Å². The maximum absolute atomic E-state index is 13.9. The first-order valence-electron chi connectivity index (χ1n) is 10.7. The Morgan fingerprint density at radius 1 is 1.10 bits per heavy atom. The minimum atomic E-state index is -0.377. The van der Waals surface area contributed by atoms with Crippen molar-refractivity contribution in [2.75, 3.05) is 19.6 Å². The molecule has 30 heavy (non-hydrogen) atoms. The van der Waals surface area contributed by atoms with E-state index < -0.39 is 0 Å². The number of fused-ring (bicyclic) bond motifs is 1. The van der Waals surface area contributed by atoms with Crippen LogP contribution in [0.2, 0.25) is 0 Å². The largest absolute Gasteiger partial charge is 0.350 e. The Hall–Kier alpha value is -2.79. The Bertz CT molecular complexity index is 986. The summed E-state index contributed by atoms with van der Waals surface area (Å²) < 4.78 is 13.9. The smallest absolute Gasteiger partial charge is 0.252 e. The van der Waals surface area contributed by atoms with Crippen LogP contribution in [0.3, 0.4) is 0 Å². The highest BCUT2D eigenvalue weighted by molar-refractivity contribution is 6.07. The molecule has 0 aliphatic heterocycles. The zero-order chi connectivity index (χ0) is 21.5. The number of hydrogen-bond donors (Lipinski definition) is 1. The van der Waals surface area contributed by atoms with Crippen LogP contribution in [0.5, 0.6) is 0 Å². The van der Waals surface area contributed by atoms with Gasteiger partial charge in [-0.3, -0.25) is 4.79 Å². The van der Waals surface area contributed by atoms with Crippen molar-refractivity contribution in [3.05, 3.63) is 66.0 Å². The molecule has 0 saturated heterocycles. The van der Waals surface area contributed by atoms with Gasteiger partial charge in [-0.1, -0.05) is 44.2 Å². The van der Waals surface area contributed by atoms with Gasteiger partial charge in [0, 0.05) is 17.0 Å². The van der Waals surface area contributed by atoms with Gasteiger partial charge in [-0.05, 0) is 63.7 Å². The van der Waals surface area contributed by atoms with Crippen molar-refractivity contribution in [3.8, 4) is 11.3 Å². The lowest BCUT2D eigenvalue weighted by atomic mass is 10.0. The highest BCUT2D eigenvalue weighted by Crippen LogP contribution is 2.25. The lowest BCUT2D eigenvalue weighted by molar-refractivity contribution is 0.0939. The Morgan fingerprint density at radius 3 is 2.53 bits per heavy atom. The summed E-state index contributed by atoms with van der Waals surface area (Å²) in [6, 6.07) is 15.9. The van der Waals surface area contributed by atoms with Crippen LogP contribution < -0.4 is 5.32 Å². The summed E-state index contributed by atoms with van der Waals surface area (Å²) in [6.45, 7) is 9.43. The summed E-state index contributed by atoms with van der Waals surface area (Å²) in [7, 11) is 0. The van der Waals surface area contributed by atoms with Crippen LogP contribution in [0.1, 0.15) is 44.0 Å². The monoisotopic (exact) mass is 407 g/mol. The molecule has 1 unspecified atom stereocenters. The molecular weight excluding hydrogens is 377 g/mol. The molecule has 3 aromatic rings. The molecule has 1 heterocycles. The van der Waals surface area contributed by atoms with Gasteiger partial charge in [-0.25, -0.2) is 9.37 Å². The summed E-state index contributed by atoms with van der Waals surface area (Å²) in [6.07, 6.45) is 1.91. The number of benzene rings is 2. The van der Waals surface area contributed by atoms with E-state index in [1.807, 2.05) is 37.3 Å². The fourth-order valence-corrected chi connectivity index (χ4v) is 3.68. The van der Waals surface area contributed by atoms with Gasteiger partial charge in [0.2, 0.25) is 0 Å². The van der Waals surface area contributed by atoms with Crippen LogP contribution in [-0.2, 0) is 0 Å². The SMILES string of the molecule is CCN(CC)CCCC(C)NC(=O)c1cc(-c2ccccc2)nc2ccc(F)cc12. The van der Waals surface area contributed by atoms with Crippen molar-refractivity contribution in [1.82, 2.24) is 15.2 Å². The van der Waals surface area contributed by atoms with Crippen molar-refractivity contribution in [2.24, 2.45) is 0 Å². The van der Waals surface area contributed by atoms with Crippen LogP contribution >= 0.6 is 0 Å². The molecule has 2 aromatic carbocycles. The molecule has 0 saturated carbocycles. The van der Waals surface area contributed by atoms with Gasteiger partial charge >= 0.3 is 0 Å². The highest BCUT2D eigenvalue weighted by atomic mass is 19.1. The molecule has 5 heteroatoms. The molecule has 0 spiro atoms. The van der Waals surface area contributed by atoms with Gasteiger partial charge in [0.05, 0.1) is 16.8 Å². The molecule has 0 fully saturated rings. The number of halogens is 1. The number of rotatable bonds is 9. The van der Waals surface area contributed by atoms with Crippen molar-refractivity contribution in [2.45, 2.75) is 39.7 Å². The molecule has 158 valence electrons. The second-order valence-corrected chi connectivity index (χ2v) is 7.63. The third-order valence-electron chi connectivity index (χ3n) is 5.47. The Labute approximate surface area is 178 Å². The Balaban J connectivity index is 1.82. The Kier molecular flexibility index (Phi) is 7.52. The zero-order valence-electron chi connectivity index (χ0n) is 18.0. The summed E-state index contributed by atoms with van der Waals surface area (Å²) in [4.78, 5) is 20.1. The molecular formula is C25H30FN3O. The summed E-state index contributed by atoms with van der Waals surface area (Å²) in [5.41, 5.74) is 2.69. The number of nitrogens with one attached hydrogen (secondary N) is 1. The average Bonchev–Trinajstić information content (AvgIpc) is 2.76. The summed E-state index contributed by atoms with van der Waals surface area (Å²) >= 11 is 0. The van der Waals surface area contributed by atoms with E-state index in [-0.39, 0.29) is 17.8 Å². The van der Waals surface area contributed by atoms with Gasteiger partial charge in [0.25, 0.3) is 5.91 Å². The third kappa shape index (κ3) is 5.42. The Morgan fingerprint density at radius 2 is 1.83 bits per heavy atom. The second kappa shape index (κ2) is 10.3. The molecule has 0 radical (unpaired) electrons. The van der Waals surface area contributed by atoms with E-state index in [2.05, 4.69) is 29.0 Å². The van der Waals surface area contributed by atoms with Gasteiger partial charge in [0.15, 0.2) is 0 Å². The fourth-order valence-electron chi connectivity index (χ4n) is 3.68. The zero-order valence-corrected chi connectivity index (χ0v) is 18.0. The predicted molar refractivity (Wildman–Crippen MR) is 121 cm³/mol. The van der Waals surface area contributed by atoms with E-state index in [0.717, 1.165) is 38.0 Å². The van der Waals surface area contributed by atoms with Gasteiger partial charge in [-0.15, -0.1) is 0 Å². The quantitative estimate of drug-likeness (QED) is 0.525. The number of amides is 1. The second-order valence-electron chi connectivity index (χ2n) is 7.63. The summed E-state index contributed by atoms with van der Waals surface area (Å²) in [5, 5.41) is 3.62. The van der Waals surface area contributed by atoms with E-state index in [9.17, 15) is 9.18 Å². The molecule has 0 aliphatic carbocycles. The molecule has 1 amide bonds. The van der Waals surface area contributed by atoms with Crippen molar-refractivity contribution in [3.63, 3.8) is 0 Å². The van der Waals surface area contributed by atoms with Crippen LogP contribution in [0.25, 0.3) is 22.2 Å². The number of nitrogens with zero attached hydrogens (tertiary/aromatic N) is 2. The van der Waals surface area contributed by atoms with Crippen molar-refractivity contribution in [1.29, 1.82) is 0 Å². The molecule has 1 atom stereocenters. The minimum absolute atomic E-state index is 0.0324. The molecule has 0 aliphatic rings. The molecule has 3 rings (SSSR count). The van der Waals surface area contributed by atoms with Crippen molar-refractivity contribution >= 4 is 16.8 Å².